The fourth-order valence-corrected chi connectivity index (χ4v) is 1.19. The zero-order valence-corrected chi connectivity index (χ0v) is 8.64. The second-order valence-corrected chi connectivity index (χ2v) is 3.30. The number of hydrogen-bond donors (Lipinski definition) is 0. The fraction of sp³-hybridized carbons (Fsp3) is 0.182. The highest BCUT2D eigenvalue weighted by Crippen LogP contribution is 2.17. The lowest BCUT2D eigenvalue weighted by Gasteiger charge is -2.03. The molecule has 0 spiro atoms. The van der Waals surface area contributed by atoms with Crippen LogP contribution in [0.25, 0.3) is 0 Å². The van der Waals surface area contributed by atoms with Gasteiger partial charge in [-0.3, -0.25) is 0 Å². The van der Waals surface area contributed by atoms with E-state index >= 15 is 0 Å². The van der Waals surface area contributed by atoms with Gasteiger partial charge in [-0.1, -0.05) is 17.2 Å². The van der Waals surface area contributed by atoms with E-state index in [0.29, 0.717) is 0 Å². The highest BCUT2D eigenvalue weighted by Gasteiger charge is 2.00. The molecule has 2 aromatic rings. The molecule has 76 valence electrons. The van der Waals surface area contributed by atoms with Gasteiger partial charge in [-0.25, -0.2) is 0 Å². The molecule has 0 radical (unpaired) electrons. The Labute approximate surface area is 88.0 Å². The van der Waals surface area contributed by atoms with E-state index in [9.17, 15) is 0 Å². The molecule has 0 aliphatic carbocycles. The molecular formula is C11H11N3O. The van der Waals surface area contributed by atoms with Crippen LogP contribution >= 0.6 is 0 Å². The van der Waals surface area contributed by atoms with E-state index in [0.717, 1.165) is 17.0 Å². The normalized spacial score (nSPS) is 10.0. The molecule has 0 fully saturated rings. The predicted molar refractivity (Wildman–Crippen MR) is 55.8 cm³/mol. The summed E-state index contributed by atoms with van der Waals surface area (Å²) in [7, 11) is 0. The van der Waals surface area contributed by atoms with Crippen molar-refractivity contribution in [3.05, 3.63) is 41.7 Å². The van der Waals surface area contributed by atoms with Gasteiger partial charge in [0.1, 0.15) is 5.75 Å². The maximum atomic E-state index is 5.46. The van der Waals surface area contributed by atoms with Gasteiger partial charge in [0.05, 0.1) is 11.9 Å². The summed E-state index contributed by atoms with van der Waals surface area (Å²) in [5, 5.41) is 7.55. The Bertz CT molecular complexity index is 427. The number of ether oxygens (including phenoxy) is 1. The van der Waals surface area contributed by atoms with Crippen molar-refractivity contribution in [1.29, 1.82) is 0 Å². The lowest BCUT2D eigenvalue weighted by Crippen LogP contribution is -1.95. The predicted octanol–water partition coefficient (Wildman–Crippen LogP) is 2.28. The van der Waals surface area contributed by atoms with Crippen molar-refractivity contribution in [2.75, 3.05) is 0 Å². The monoisotopic (exact) mass is 201 g/mol. The van der Waals surface area contributed by atoms with Crippen molar-refractivity contribution in [3.63, 3.8) is 0 Å². The van der Waals surface area contributed by atoms with Crippen LogP contribution in [0.2, 0.25) is 0 Å². The lowest BCUT2D eigenvalue weighted by atomic mass is 10.2. The maximum Gasteiger partial charge on any atom is 0.341 e. The molecule has 1 heterocycles. The minimum atomic E-state index is 0.278. The summed E-state index contributed by atoms with van der Waals surface area (Å²) in [6.45, 7) is 3.85. The van der Waals surface area contributed by atoms with Crippen molar-refractivity contribution >= 4 is 0 Å². The summed E-state index contributed by atoms with van der Waals surface area (Å²) in [4.78, 5) is 4.10. The minimum absolute atomic E-state index is 0.278. The molecule has 0 atom stereocenters. The maximum absolute atomic E-state index is 5.46. The quantitative estimate of drug-likeness (QED) is 0.747. The highest BCUT2D eigenvalue weighted by molar-refractivity contribution is 5.29. The SMILES string of the molecule is Cc1cccc(Oc2nncc(C)n2)c1. The molecule has 0 saturated carbocycles. The standard InChI is InChI=1S/C11H11N3O/c1-8-4-3-5-10(6-8)15-11-13-9(2)7-12-14-11/h3-7H,1-2H3. The van der Waals surface area contributed by atoms with Crippen molar-refractivity contribution in [3.8, 4) is 11.8 Å². The van der Waals surface area contributed by atoms with Crippen LogP contribution in [0.5, 0.6) is 11.8 Å². The van der Waals surface area contributed by atoms with Crippen LogP contribution in [0.4, 0.5) is 0 Å². The van der Waals surface area contributed by atoms with Gasteiger partial charge >= 0.3 is 6.01 Å². The smallest absolute Gasteiger partial charge is 0.341 e. The summed E-state index contributed by atoms with van der Waals surface area (Å²) in [6, 6.07) is 7.99. The summed E-state index contributed by atoms with van der Waals surface area (Å²) >= 11 is 0. The van der Waals surface area contributed by atoms with E-state index < -0.39 is 0 Å². The van der Waals surface area contributed by atoms with Gasteiger partial charge in [0.15, 0.2) is 0 Å². The number of aryl methyl sites for hydroxylation is 2. The third kappa shape index (κ3) is 2.49. The van der Waals surface area contributed by atoms with Crippen molar-refractivity contribution in [2.24, 2.45) is 0 Å². The van der Waals surface area contributed by atoms with Gasteiger partial charge < -0.3 is 4.74 Å². The summed E-state index contributed by atoms with van der Waals surface area (Å²) in [5.74, 6) is 0.724. The number of rotatable bonds is 2. The number of aromatic nitrogens is 3. The third-order valence-electron chi connectivity index (χ3n) is 1.86. The largest absolute Gasteiger partial charge is 0.423 e. The molecule has 0 saturated heterocycles. The second-order valence-electron chi connectivity index (χ2n) is 3.30. The Morgan fingerprint density at radius 3 is 2.80 bits per heavy atom. The molecule has 1 aromatic carbocycles. The van der Waals surface area contributed by atoms with Crippen molar-refractivity contribution < 1.29 is 4.74 Å². The van der Waals surface area contributed by atoms with Gasteiger partial charge in [-0.05, 0) is 31.5 Å². The molecule has 0 amide bonds. The Balaban J connectivity index is 2.22. The minimum Gasteiger partial charge on any atom is -0.423 e. The van der Waals surface area contributed by atoms with E-state index in [4.69, 9.17) is 4.74 Å². The Morgan fingerprint density at radius 1 is 1.20 bits per heavy atom. The second kappa shape index (κ2) is 4.04. The van der Waals surface area contributed by atoms with Crippen LogP contribution in [0.3, 0.4) is 0 Å². The van der Waals surface area contributed by atoms with Gasteiger partial charge in [-0.15, -0.1) is 0 Å². The topological polar surface area (TPSA) is 47.9 Å². The van der Waals surface area contributed by atoms with E-state index in [1.807, 2.05) is 38.1 Å². The van der Waals surface area contributed by atoms with Crippen LogP contribution < -0.4 is 4.74 Å². The van der Waals surface area contributed by atoms with Gasteiger partial charge in [0.2, 0.25) is 0 Å². The molecule has 4 heteroatoms. The average Bonchev–Trinajstić information content (AvgIpc) is 2.17. The number of benzene rings is 1. The van der Waals surface area contributed by atoms with Crippen LogP contribution in [0.1, 0.15) is 11.3 Å². The first kappa shape index (κ1) is 9.58. The van der Waals surface area contributed by atoms with E-state index in [2.05, 4.69) is 15.2 Å². The Hall–Kier alpha value is -1.97. The zero-order chi connectivity index (χ0) is 10.7. The van der Waals surface area contributed by atoms with Gasteiger partial charge in [-0.2, -0.15) is 10.1 Å². The van der Waals surface area contributed by atoms with Crippen LogP contribution in [-0.4, -0.2) is 15.2 Å². The highest BCUT2D eigenvalue weighted by atomic mass is 16.5. The molecule has 0 unspecified atom stereocenters. The Kier molecular flexibility index (Phi) is 2.58. The number of nitrogens with zero attached hydrogens (tertiary/aromatic N) is 3. The molecule has 0 bridgehead atoms. The third-order valence-corrected chi connectivity index (χ3v) is 1.86. The van der Waals surface area contributed by atoms with E-state index in [-0.39, 0.29) is 6.01 Å². The van der Waals surface area contributed by atoms with E-state index in [1.165, 1.54) is 0 Å². The first-order valence-electron chi connectivity index (χ1n) is 4.65. The van der Waals surface area contributed by atoms with Gasteiger partial charge in [0.25, 0.3) is 0 Å². The number of hydrogen-bond acceptors (Lipinski definition) is 4. The lowest BCUT2D eigenvalue weighted by molar-refractivity contribution is 0.431. The van der Waals surface area contributed by atoms with Gasteiger partial charge in [0, 0.05) is 0 Å². The summed E-state index contributed by atoms with van der Waals surface area (Å²) < 4.78 is 5.46. The molecule has 0 N–H and O–H groups in total. The molecule has 0 aliphatic rings. The summed E-state index contributed by atoms with van der Waals surface area (Å²) in [5.41, 5.74) is 1.92. The Morgan fingerprint density at radius 2 is 2.07 bits per heavy atom. The molecule has 1 aromatic heterocycles. The average molecular weight is 201 g/mol. The summed E-state index contributed by atoms with van der Waals surface area (Å²) in [6.07, 6.45) is 1.59. The molecule has 4 nitrogen and oxygen atoms in total. The van der Waals surface area contributed by atoms with E-state index in [1.54, 1.807) is 6.20 Å². The molecule has 0 aliphatic heterocycles. The first-order chi connectivity index (χ1) is 7.24. The fourth-order valence-electron chi connectivity index (χ4n) is 1.19. The first-order valence-corrected chi connectivity index (χ1v) is 4.65. The molecule has 2 rings (SSSR count). The molecular weight excluding hydrogens is 190 g/mol. The zero-order valence-electron chi connectivity index (χ0n) is 8.64. The van der Waals surface area contributed by atoms with Crippen molar-refractivity contribution in [1.82, 2.24) is 15.2 Å². The van der Waals surface area contributed by atoms with Crippen LogP contribution in [0, 0.1) is 13.8 Å². The van der Waals surface area contributed by atoms with Crippen LogP contribution in [-0.2, 0) is 0 Å². The molecule has 15 heavy (non-hydrogen) atoms. The van der Waals surface area contributed by atoms with Crippen LogP contribution in [0.15, 0.2) is 30.5 Å². The van der Waals surface area contributed by atoms with Crippen molar-refractivity contribution in [2.45, 2.75) is 13.8 Å².